The summed E-state index contributed by atoms with van der Waals surface area (Å²) in [5.74, 6) is 0.532. The van der Waals surface area contributed by atoms with Gasteiger partial charge >= 0.3 is 0 Å². The lowest BCUT2D eigenvalue weighted by Gasteiger charge is -2.33. The Hall–Kier alpha value is -0.630. The van der Waals surface area contributed by atoms with Gasteiger partial charge in [-0.15, -0.1) is 0 Å². The van der Waals surface area contributed by atoms with Gasteiger partial charge in [-0.05, 0) is 35.0 Å². The lowest BCUT2D eigenvalue weighted by molar-refractivity contribution is 0.283. The number of ether oxygens (including phenoxy) is 1. The Morgan fingerprint density at radius 3 is 2.84 bits per heavy atom. The Bertz CT molecular complexity index is 562. The lowest BCUT2D eigenvalue weighted by Crippen LogP contribution is -2.52. The van der Waals surface area contributed by atoms with Crippen LogP contribution >= 0.6 is 15.9 Å². The maximum absolute atomic E-state index is 12.7. The molecule has 1 aliphatic rings. The van der Waals surface area contributed by atoms with Crippen LogP contribution in [0.4, 0.5) is 0 Å². The highest BCUT2D eigenvalue weighted by atomic mass is 79.9. The Balaban J connectivity index is 2.43. The fourth-order valence-electron chi connectivity index (χ4n) is 2.11. The molecule has 0 aromatic heterocycles. The van der Waals surface area contributed by atoms with Gasteiger partial charge < -0.3 is 10.1 Å². The highest BCUT2D eigenvalue weighted by Crippen LogP contribution is 2.30. The highest BCUT2D eigenvalue weighted by molar-refractivity contribution is 9.10. The molecule has 0 spiro atoms. The maximum Gasteiger partial charge on any atom is 0.244 e. The van der Waals surface area contributed by atoms with Crippen LogP contribution in [-0.4, -0.2) is 45.5 Å². The second-order valence-corrected chi connectivity index (χ2v) is 7.18. The van der Waals surface area contributed by atoms with Crippen molar-refractivity contribution < 1.29 is 13.2 Å². The third-order valence-electron chi connectivity index (χ3n) is 3.17. The molecular formula is C12H17BrN2O3S. The summed E-state index contributed by atoms with van der Waals surface area (Å²) < 4.78 is 32.6. The van der Waals surface area contributed by atoms with E-state index >= 15 is 0 Å². The van der Waals surface area contributed by atoms with E-state index in [9.17, 15) is 8.42 Å². The smallest absolute Gasteiger partial charge is 0.244 e. The first-order valence-electron chi connectivity index (χ1n) is 6.03. The van der Waals surface area contributed by atoms with Gasteiger partial charge in [0.15, 0.2) is 0 Å². The van der Waals surface area contributed by atoms with Crippen LogP contribution in [0.3, 0.4) is 0 Å². The summed E-state index contributed by atoms with van der Waals surface area (Å²) in [6.45, 7) is 3.72. The van der Waals surface area contributed by atoms with Crippen molar-refractivity contribution in [3.8, 4) is 5.75 Å². The van der Waals surface area contributed by atoms with Crippen molar-refractivity contribution in [3.63, 3.8) is 0 Å². The van der Waals surface area contributed by atoms with Gasteiger partial charge in [-0.3, -0.25) is 0 Å². The van der Waals surface area contributed by atoms with Gasteiger partial charge in [0.1, 0.15) is 10.6 Å². The van der Waals surface area contributed by atoms with E-state index in [4.69, 9.17) is 4.74 Å². The van der Waals surface area contributed by atoms with Gasteiger partial charge in [0.25, 0.3) is 0 Å². The van der Waals surface area contributed by atoms with E-state index in [1.807, 2.05) is 6.92 Å². The molecule has 0 amide bonds. The van der Waals surface area contributed by atoms with Crippen LogP contribution in [0.2, 0.25) is 0 Å². The molecule has 7 heteroatoms. The molecule has 19 heavy (non-hydrogen) atoms. The molecule has 106 valence electrons. The van der Waals surface area contributed by atoms with E-state index in [0.29, 0.717) is 29.9 Å². The van der Waals surface area contributed by atoms with Crippen molar-refractivity contribution in [1.82, 2.24) is 9.62 Å². The molecule has 1 saturated heterocycles. The van der Waals surface area contributed by atoms with Crippen molar-refractivity contribution >= 4 is 26.0 Å². The molecule has 0 bridgehead atoms. The molecule has 1 aromatic rings. The summed E-state index contributed by atoms with van der Waals surface area (Å²) in [4.78, 5) is 0.251. The van der Waals surface area contributed by atoms with Crippen LogP contribution in [0, 0.1) is 0 Å². The molecule has 1 aromatic carbocycles. The summed E-state index contributed by atoms with van der Waals surface area (Å²) in [5, 5.41) is 3.18. The molecule has 5 nitrogen and oxygen atoms in total. The van der Waals surface area contributed by atoms with E-state index in [0.717, 1.165) is 0 Å². The number of rotatable bonds is 3. The fourth-order valence-corrected chi connectivity index (χ4v) is 4.69. The molecule has 0 aliphatic carbocycles. The van der Waals surface area contributed by atoms with Gasteiger partial charge in [-0.2, -0.15) is 4.31 Å². The first-order valence-corrected chi connectivity index (χ1v) is 8.26. The van der Waals surface area contributed by atoms with Crippen LogP contribution in [0.5, 0.6) is 5.75 Å². The van der Waals surface area contributed by atoms with E-state index in [-0.39, 0.29) is 10.9 Å². The first kappa shape index (κ1) is 14.8. The van der Waals surface area contributed by atoms with E-state index in [1.165, 1.54) is 11.4 Å². The molecule has 1 aliphatic heterocycles. The number of hydrogen-bond acceptors (Lipinski definition) is 4. The van der Waals surface area contributed by atoms with E-state index in [2.05, 4.69) is 21.2 Å². The number of methoxy groups -OCH3 is 1. The summed E-state index contributed by atoms with van der Waals surface area (Å²) in [6, 6.07) is 4.91. The third-order valence-corrected chi connectivity index (χ3v) is 6.17. The van der Waals surface area contributed by atoms with Gasteiger partial charge in [0.2, 0.25) is 10.0 Å². The fraction of sp³-hybridized carbons (Fsp3) is 0.500. The lowest BCUT2D eigenvalue weighted by atomic mass is 10.3. The zero-order valence-electron chi connectivity index (χ0n) is 10.9. The second-order valence-electron chi connectivity index (χ2n) is 4.47. The SMILES string of the molecule is COc1ccc(Br)c(S(=O)(=O)N2CCNC[C@@H]2C)c1. The molecule has 1 fully saturated rings. The molecule has 1 N–H and O–H groups in total. The predicted molar refractivity (Wildman–Crippen MR) is 76.9 cm³/mol. The Kier molecular flexibility index (Phi) is 4.50. The number of sulfonamides is 1. The number of hydrogen-bond donors (Lipinski definition) is 1. The van der Waals surface area contributed by atoms with Crippen LogP contribution in [0.15, 0.2) is 27.6 Å². The molecule has 1 heterocycles. The van der Waals surface area contributed by atoms with Gasteiger partial charge in [-0.25, -0.2) is 8.42 Å². The van der Waals surface area contributed by atoms with E-state index in [1.54, 1.807) is 18.2 Å². The minimum absolute atomic E-state index is 0.0585. The number of halogens is 1. The average Bonchev–Trinajstić information content (AvgIpc) is 2.39. The van der Waals surface area contributed by atoms with Crippen molar-refractivity contribution in [1.29, 1.82) is 0 Å². The van der Waals surface area contributed by atoms with Crippen LogP contribution < -0.4 is 10.1 Å². The number of nitrogens with one attached hydrogen (secondary N) is 1. The average molecular weight is 349 g/mol. The quantitative estimate of drug-likeness (QED) is 0.897. The summed E-state index contributed by atoms with van der Waals surface area (Å²) in [5.41, 5.74) is 0. The van der Waals surface area contributed by atoms with Gasteiger partial charge in [0.05, 0.1) is 7.11 Å². The van der Waals surface area contributed by atoms with E-state index < -0.39 is 10.0 Å². The number of nitrogens with zero attached hydrogens (tertiary/aromatic N) is 1. The van der Waals surface area contributed by atoms with Crippen LogP contribution in [0.1, 0.15) is 6.92 Å². The minimum atomic E-state index is -3.51. The largest absolute Gasteiger partial charge is 0.497 e. The van der Waals surface area contributed by atoms with Crippen LogP contribution in [0.25, 0.3) is 0 Å². The normalized spacial score (nSPS) is 21.3. The Morgan fingerprint density at radius 1 is 1.47 bits per heavy atom. The van der Waals surface area contributed by atoms with Crippen molar-refractivity contribution in [2.45, 2.75) is 17.9 Å². The van der Waals surface area contributed by atoms with Crippen molar-refractivity contribution in [3.05, 3.63) is 22.7 Å². The van der Waals surface area contributed by atoms with Crippen molar-refractivity contribution in [2.75, 3.05) is 26.7 Å². The molecule has 0 unspecified atom stereocenters. The molecular weight excluding hydrogens is 332 g/mol. The zero-order valence-corrected chi connectivity index (χ0v) is 13.3. The zero-order chi connectivity index (χ0) is 14.0. The molecule has 2 rings (SSSR count). The number of piperazine rings is 1. The van der Waals surface area contributed by atoms with Gasteiger partial charge in [-0.1, -0.05) is 0 Å². The molecule has 0 radical (unpaired) electrons. The minimum Gasteiger partial charge on any atom is -0.497 e. The second kappa shape index (κ2) is 5.78. The molecule has 0 saturated carbocycles. The standard InChI is InChI=1S/C12H17BrN2O3S/c1-9-8-14-5-6-15(9)19(16,17)12-7-10(18-2)3-4-11(12)13/h3-4,7,9,14H,5-6,8H2,1-2H3/t9-/m0/s1. The summed E-state index contributed by atoms with van der Waals surface area (Å²) in [6.07, 6.45) is 0. The summed E-state index contributed by atoms with van der Waals surface area (Å²) in [7, 11) is -1.99. The maximum atomic E-state index is 12.7. The molecule has 1 atom stereocenters. The topological polar surface area (TPSA) is 58.6 Å². The van der Waals surface area contributed by atoms with Crippen molar-refractivity contribution in [2.24, 2.45) is 0 Å². The number of benzene rings is 1. The highest BCUT2D eigenvalue weighted by Gasteiger charge is 2.32. The monoisotopic (exact) mass is 348 g/mol. The third kappa shape index (κ3) is 2.94. The predicted octanol–water partition coefficient (Wildman–Crippen LogP) is 1.44. The Morgan fingerprint density at radius 2 is 2.21 bits per heavy atom. The Labute approximate surface area is 122 Å². The summed E-state index contributed by atoms with van der Waals surface area (Å²) >= 11 is 3.30. The first-order chi connectivity index (χ1) is 8.96. The van der Waals surface area contributed by atoms with Crippen LogP contribution in [-0.2, 0) is 10.0 Å². The van der Waals surface area contributed by atoms with Gasteiger partial charge in [0, 0.05) is 36.2 Å².